The minimum Gasteiger partial charge on any atom is -0.423 e. The third kappa shape index (κ3) is 3.66. The number of anilines is 1. The monoisotopic (exact) mass is 303 g/mol. The molecule has 1 saturated heterocycles. The quantitative estimate of drug-likeness (QED) is 0.593. The topological polar surface area (TPSA) is 59.8 Å². The Bertz CT molecular complexity index is 485. The lowest BCUT2D eigenvalue weighted by atomic mass is 9.78. The smallest absolute Gasteiger partial charge is 0.423 e. The van der Waals surface area contributed by atoms with Gasteiger partial charge in [0.1, 0.15) is 5.82 Å². The predicted octanol–water partition coefficient (Wildman–Crippen LogP) is -0.247. The van der Waals surface area contributed by atoms with Crippen LogP contribution in [0.25, 0.3) is 0 Å². The zero-order chi connectivity index (χ0) is 15.6. The van der Waals surface area contributed by atoms with Crippen molar-refractivity contribution >= 4 is 18.4 Å². The molecule has 0 spiro atoms. The number of alkyl halides is 3. The predicted molar refractivity (Wildman–Crippen MR) is 73.5 cm³/mol. The number of rotatable bonds is 4. The van der Waals surface area contributed by atoms with Gasteiger partial charge in [0.15, 0.2) is 0 Å². The maximum absolute atomic E-state index is 13.2. The minimum atomic E-state index is -3.00. The molecular formula is C12H17BF3N3O2. The van der Waals surface area contributed by atoms with Crippen LogP contribution in [0.3, 0.4) is 0 Å². The van der Waals surface area contributed by atoms with Gasteiger partial charge in [-0.1, -0.05) is 0 Å². The minimum absolute atomic E-state index is 0.191. The summed E-state index contributed by atoms with van der Waals surface area (Å²) in [5, 5.41) is 18.3. The SMILES string of the molecule is Cc1cc(N2CCN(C(F)C(F)F)CC2)ncc1B(O)O. The van der Waals surface area contributed by atoms with Gasteiger partial charge in [0, 0.05) is 37.8 Å². The van der Waals surface area contributed by atoms with Crippen LogP contribution in [0.5, 0.6) is 0 Å². The molecule has 0 aliphatic carbocycles. The molecule has 0 amide bonds. The summed E-state index contributed by atoms with van der Waals surface area (Å²) in [5.74, 6) is 0.615. The van der Waals surface area contributed by atoms with E-state index in [-0.39, 0.29) is 13.1 Å². The van der Waals surface area contributed by atoms with Crippen LogP contribution in [-0.4, -0.2) is 66.0 Å². The first-order chi connectivity index (χ1) is 9.90. The van der Waals surface area contributed by atoms with E-state index < -0.39 is 19.8 Å². The van der Waals surface area contributed by atoms with E-state index in [9.17, 15) is 13.2 Å². The maximum atomic E-state index is 13.2. The third-order valence-electron chi connectivity index (χ3n) is 3.61. The van der Waals surface area contributed by atoms with Gasteiger partial charge in [0.25, 0.3) is 6.43 Å². The molecule has 1 aromatic rings. The lowest BCUT2D eigenvalue weighted by Gasteiger charge is -2.36. The normalized spacial score (nSPS) is 18.1. The van der Waals surface area contributed by atoms with E-state index in [1.807, 2.05) is 4.90 Å². The van der Waals surface area contributed by atoms with Gasteiger partial charge in [-0.3, -0.25) is 4.90 Å². The molecule has 1 aliphatic rings. The van der Waals surface area contributed by atoms with Crippen molar-refractivity contribution in [2.75, 3.05) is 31.1 Å². The number of nitrogens with zero attached hydrogens (tertiary/aromatic N) is 3. The largest absolute Gasteiger partial charge is 0.490 e. The highest BCUT2D eigenvalue weighted by Crippen LogP contribution is 2.18. The summed E-state index contributed by atoms with van der Waals surface area (Å²) in [4.78, 5) is 7.10. The highest BCUT2D eigenvalue weighted by atomic mass is 19.3. The van der Waals surface area contributed by atoms with E-state index in [0.717, 1.165) is 4.90 Å². The Morgan fingerprint density at radius 1 is 1.19 bits per heavy atom. The lowest BCUT2D eigenvalue weighted by molar-refractivity contribution is -0.0505. The van der Waals surface area contributed by atoms with Gasteiger partial charge >= 0.3 is 7.12 Å². The standard InChI is InChI=1S/C12H17BF3N3O2/c1-8-6-10(17-7-9(8)13(20)21)18-2-4-19(5-3-18)12(16)11(14)15/h6-7,11-12,20-21H,2-5H2,1H3. The summed E-state index contributed by atoms with van der Waals surface area (Å²) in [6, 6.07) is 1.70. The number of hydrogen-bond donors (Lipinski definition) is 2. The van der Waals surface area contributed by atoms with Gasteiger partial charge in [-0.2, -0.15) is 0 Å². The fourth-order valence-electron chi connectivity index (χ4n) is 2.35. The number of hydrogen-bond acceptors (Lipinski definition) is 5. The Kier molecular flexibility index (Phi) is 5.07. The molecular weight excluding hydrogens is 286 g/mol. The fraction of sp³-hybridized carbons (Fsp3) is 0.583. The zero-order valence-corrected chi connectivity index (χ0v) is 11.6. The van der Waals surface area contributed by atoms with Crippen molar-refractivity contribution in [1.29, 1.82) is 0 Å². The Balaban J connectivity index is 2.01. The van der Waals surface area contributed by atoms with Crippen LogP contribution in [-0.2, 0) is 0 Å². The van der Waals surface area contributed by atoms with Crippen LogP contribution in [0.15, 0.2) is 12.3 Å². The average molecular weight is 303 g/mol. The first kappa shape index (κ1) is 16.1. The van der Waals surface area contributed by atoms with E-state index in [2.05, 4.69) is 4.98 Å². The molecule has 0 aromatic carbocycles. The number of pyridine rings is 1. The van der Waals surface area contributed by atoms with E-state index in [0.29, 0.717) is 29.9 Å². The first-order valence-corrected chi connectivity index (χ1v) is 6.64. The summed E-state index contributed by atoms with van der Waals surface area (Å²) in [6.45, 7) is 2.89. The van der Waals surface area contributed by atoms with Crippen LogP contribution in [0.2, 0.25) is 0 Å². The Morgan fingerprint density at radius 2 is 1.81 bits per heavy atom. The molecule has 1 atom stereocenters. The van der Waals surface area contributed by atoms with Crippen LogP contribution < -0.4 is 10.4 Å². The van der Waals surface area contributed by atoms with E-state index in [1.54, 1.807) is 13.0 Å². The molecule has 21 heavy (non-hydrogen) atoms. The third-order valence-corrected chi connectivity index (χ3v) is 3.61. The fourth-order valence-corrected chi connectivity index (χ4v) is 2.35. The van der Waals surface area contributed by atoms with Gasteiger partial charge in [0.05, 0.1) is 0 Å². The molecule has 5 nitrogen and oxygen atoms in total. The summed E-state index contributed by atoms with van der Waals surface area (Å²) in [7, 11) is -1.58. The number of halogens is 3. The Labute approximate surface area is 121 Å². The van der Waals surface area contributed by atoms with Gasteiger partial charge in [-0.05, 0) is 18.6 Å². The first-order valence-electron chi connectivity index (χ1n) is 6.64. The van der Waals surface area contributed by atoms with Crippen LogP contribution in [0.4, 0.5) is 19.0 Å². The molecule has 1 aliphatic heterocycles. The van der Waals surface area contributed by atoms with Gasteiger partial charge < -0.3 is 14.9 Å². The Morgan fingerprint density at radius 3 is 2.29 bits per heavy atom. The van der Waals surface area contributed by atoms with Crippen molar-refractivity contribution < 1.29 is 23.2 Å². The van der Waals surface area contributed by atoms with E-state index in [4.69, 9.17) is 10.0 Å². The van der Waals surface area contributed by atoms with E-state index in [1.165, 1.54) is 6.20 Å². The van der Waals surface area contributed by atoms with Crippen molar-refractivity contribution in [3.63, 3.8) is 0 Å². The molecule has 0 bridgehead atoms. The van der Waals surface area contributed by atoms with Gasteiger partial charge in [0.2, 0.25) is 6.30 Å². The molecule has 2 heterocycles. The van der Waals surface area contributed by atoms with Gasteiger partial charge in [-0.25, -0.2) is 18.2 Å². The van der Waals surface area contributed by atoms with Crippen molar-refractivity contribution in [2.24, 2.45) is 0 Å². The average Bonchev–Trinajstić information content (AvgIpc) is 2.46. The molecule has 2 rings (SSSR count). The number of aromatic nitrogens is 1. The lowest BCUT2D eigenvalue weighted by Crippen LogP contribution is -2.51. The molecule has 1 unspecified atom stereocenters. The van der Waals surface area contributed by atoms with E-state index >= 15 is 0 Å². The van der Waals surface area contributed by atoms with Crippen LogP contribution in [0, 0.1) is 6.92 Å². The summed E-state index contributed by atoms with van der Waals surface area (Å²) in [6.07, 6.45) is -3.85. The molecule has 9 heteroatoms. The van der Waals surface area contributed by atoms with Crippen LogP contribution in [0.1, 0.15) is 5.56 Å². The highest BCUT2D eigenvalue weighted by Gasteiger charge is 2.30. The second-order valence-electron chi connectivity index (χ2n) is 5.00. The second kappa shape index (κ2) is 6.63. The Hall–Kier alpha value is -1.32. The molecule has 1 fully saturated rings. The van der Waals surface area contributed by atoms with Crippen molar-refractivity contribution in [3.8, 4) is 0 Å². The summed E-state index contributed by atoms with van der Waals surface area (Å²) < 4.78 is 37.9. The second-order valence-corrected chi connectivity index (χ2v) is 5.00. The molecule has 116 valence electrons. The molecule has 0 saturated carbocycles. The van der Waals surface area contributed by atoms with Crippen LogP contribution >= 0.6 is 0 Å². The van der Waals surface area contributed by atoms with Crippen molar-refractivity contribution in [2.45, 2.75) is 19.6 Å². The molecule has 1 aromatic heterocycles. The molecule has 0 radical (unpaired) electrons. The highest BCUT2D eigenvalue weighted by molar-refractivity contribution is 6.59. The molecule has 2 N–H and O–H groups in total. The number of aryl methyl sites for hydroxylation is 1. The van der Waals surface area contributed by atoms with Crippen molar-refractivity contribution in [1.82, 2.24) is 9.88 Å². The van der Waals surface area contributed by atoms with Crippen molar-refractivity contribution in [3.05, 3.63) is 17.8 Å². The van der Waals surface area contributed by atoms with Gasteiger partial charge in [-0.15, -0.1) is 0 Å². The maximum Gasteiger partial charge on any atom is 0.490 e. The number of piperazine rings is 1. The summed E-state index contributed by atoms with van der Waals surface area (Å²) >= 11 is 0. The summed E-state index contributed by atoms with van der Waals surface area (Å²) in [5.41, 5.74) is 0.993. The zero-order valence-electron chi connectivity index (χ0n) is 11.6.